The normalized spacial score (nSPS) is 11.2. The molecule has 3 nitrogen and oxygen atoms in total. The Bertz CT molecular complexity index is 512. The molecule has 92 valence electrons. The van der Waals surface area contributed by atoms with E-state index >= 15 is 0 Å². The van der Waals surface area contributed by atoms with Gasteiger partial charge in [-0.25, -0.2) is 4.98 Å². The number of halogens is 2. The predicted octanol–water partition coefficient (Wildman–Crippen LogP) is 3.07. The van der Waals surface area contributed by atoms with E-state index in [2.05, 4.69) is 50.3 Å². The predicted molar refractivity (Wildman–Crippen MR) is 78.8 cm³/mol. The maximum atomic E-state index is 5.81. The van der Waals surface area contributed by atoms with E-state index < -0.39 is 0 Å². The molecule has 0 saturated carbocycles. The minimum absolute atomic E-state index is 0.591. The molecule has 0 atom stereocenters. The lowest BCUT2D eigenvalue weighted by atomic mass is 10.3. The Morgan fingerprint density at radius 2 is 2.29 bits per heavy atom. The topological polar surface area (TPSA) is 27.1 Å². The zero-order valence-corrected chi connectivity index (χ0v) is 12.5. The molecule has 2 rings (SSSR count). The van der Waals surface area contributed by atoms with E-state index in [4.69, 9.17) is 16.3 Å². The number of ether oxygens (including phenoxy) is 1. The van der Waals surface area contributed by atoms with Crippen molar-refractivity contribution in [3.05, 3.63) is 27.6 Å². The highest BCUT2D eigenvalue weighted by atomic mass is 127. The number of fused-ring (bicyclic) bond motifs is 1. The first-order valence-electron chi connectivity index (χ1n) is 5.46. The molecule has 0 bridgehead atoms. The average Bonchev–Trinajstić information content (AvgIpc) is 2.63. The molecule has 0 aliphatic carbocycles. The Labute approximate surface area is 119 Å². The van der Waals surface area contributed by atoms with E-state index in [1.807, 2.05) is 0 Å². The molecule has 0 N–H and O–H groups in total. The van der Waals surface area contributed by atoms with Crippen molar-refractivity contribution in [1.82, 2.24) is 9.55 Å². The molecule has 0 aliphatic heterocycles. The van der Waals surface area contributed by atoms with Crippen molar-refractivity contribution in [3.8, 4) is 0 Å². The van der Waals surface area contributed by atoms with Gasteiger partial charge in [0.25, 0.3) is 0 Å². The number of hydrogen-bond acceptors (Lipinski definition) is 2. The van der Waals surface area contributed by atoms with Crippen LogP contribution in [0.3, 0.4) is 0 Å². The molecule has 0 fully saturated rings. The van der Waals surface area contributed by atoms with Crippen LogP contribution in [0.2, 0.25) is 0 Å². The van der Waals surface area contributed by atoms with E-state index in [-0.39, 0.29) is 0 Å². The summed E-state index contributed by atoms with van der Waals surface area (Å²) in [5, 5.41) is 0. The van der Waals surface area contributed by atoms with Gasteiger partial charge >= 0.3 is 0 Å². The number of nitrogens with zero attached hydrogens (tertiary/aromatic N) is 2. The fraction of sp³-hybridized carbons (Fsp3) is 0.417. The van der Waals surface area contributed by atoms with Crippen LogP contribution in [0.15, 0.2) is 18.2 Å². The summed E-state index contributed by atoms with van der Waals surface area (Å²) in [5.41, 5.74) is 2.19. The zero-order chi connectivity index (χ0) is 12.3. The smallest absolute Gasteiger partial charge is 0.111 e. The van der Waals surface area contributed by atoms with Gasteiger partial charge in [0.1, 0.15) is 5.82 Å². The first kappa shape index (κ1) is 13.1. The van der Waals surface area contributed by atoms with Crippen molar-refractivity contribution in [1.29, 1.82) is 0 Å². The zero-order valence-electron chi connectivity index (χ0n) is 9.62. The highest BCUT2D eigenvalue weighted by Crippen LogP contribution is 2.19. The van der Waals surface area contributed by atoms with Crippen molar-refractivity contribution in [2.45, 2.75) is 13.0 Å². The van der Waals surface area contributed by atoms with Gasteiger partial charge in [-0.05, 0) is 40.8 Å². The van der Waals surface area contributed by atoms with Crippen molar-refractivity contribution in [2.24, 2.45) is 0 Å². The number of aromatic nitrogens is 2. The maximum absolute atomic E-state index is 5.81. The summed E-state index contributed by atoms with van der Waals surface area (Å²) in [6.45, 7) is 1.51. The Balaban J connectivity index is 2.46. The monoisotopic (exact) mass is 364 g/mol. The lowest BCUT2D eigenvalue weighted by molar-refractivity contribution is 0.187. The van der Waals surface area contributed by atoms with Gasteiger partial charge in [-0.15, -0.1) is 11.6 Å². The highest BCUT2D eigenvalue weighted by molar-refractivity contribution is 14.1. The SMILES string of the molecule is COCCn1c(CCCl)nc2cc(I)ccc21. The van der Waals surface area contributed by atoms with Crippen LogP contribution in [-0.4, -0.2) is 29.1 Å². The summed E-state index contributed by atoms with van der Waals surface area (Å²) < 4.78 is 8.53. The molecule has 17 heavy (non-hydrogen) atoms. The summed E-state index contributed by atoms with van der Waals surface area (Å²) in [4.78, 5) is 4.63. The van der Waals surface area contributed by atoms with Crippen LogP contribution in [0.25, 0.3) is 11.0 Å². The number of methoxy groups -OCH3 is 1. The first-order valence-corrected chi connectivity index (χ1v) is 7.07. The van der Waals surface area contributed by atoms with Crippen LogP contribution in [0, 0.1) is 3.57 Å². The van der Waals surface area contributed by atoms with Gasteiger partial charge in [0.2, 0.25) is 0 Å². The van der Waals surface area contributed by atoms with Gasteiger partial charge in [0.15, 0.2) is 0 Å². The number of benzene rings is 1. The van der Waals surface area contributed by atoms with Gasteiger partial charge in [-0.2, -0.15) is 0 Å². The van der Waals surface area contributed by atoms with Crippen LogP contribution in [0.5, 0.6) is 0 Å². The quantitative estimate of drug-likeness (QED) is 0.602. The number of hydrogen-bond donors (Lipinski definition) is 0. The second kappa shape index (κ2) is 6.02. The number of aryl methyl sites for hydroxylation is 1. The largest absolute Gasteiger partial charge is 0.383 e. The molecular weight excluding hydrogens is 351 g/mol. The summed E-state index contributed by atoms with van der Waals surface area (Å²) in [6, 6.07) is 6.30. The molecule has 0 saturated heterocycles. The summed E-state index contributed by atoms with van der Waals surface area (Å²) in [7, 11) is 1.71. The molecule has 0 aliphatic rings. The molecule has 1 heterocycles. The van der Waals surface area contributed by atoms with Crippen LogP contribution >= 0.6 is 34.2 Å². The molecule has 0 radical (unpaired) electrons. The Morgan fingerprint density at radius 1 is 1.47 bits per heavy atom. The fourth-order valence-corrected chi connectivity index (χ4v) is 2.50. The second-order valence-electron chi connectivity index (χ2n) is 3.74. The van der Waals surface area contributed by atoms with E-state index in [1.54, 1.807) is 7.11 Å². The molecule has 0 unspecified atom stereocenters. The van der Waals surface area contributed by atoms with Gasteiger partial charge in [-0.1, -0.05) is 0 Å². The average molecular weight is 365 g/mol. The standard InChI is InChI=1S/C12H14ClIN2O/c1-17-7-6-16-11-3-2-9(14)8-10(11)15-12(16)4-5-13/h2-3,8H,4-7H2,1H3. The summed E-state index contributed by atoms with van der Waals surface area (Å²) in [5.74, 6) is 1.63. The third-order valence-corrected chi connectivity index (χ3v) is 3.49. The number of rotatable bonds is 5. The Morgan fingerprint density at radius 3 is 3.00 bits per heavy atom. The maximum Gasteiger partial charge on any atom is 0.111 e. The van der Waals surface area contributed by atoms with Gasteiger partial charge < -0.3 is 9.30 Å². The molecule has 0 amide bonds. The Kier molecular flexibility index (Phi) is 4.64. The van der Waals surface area contributed by atoms with E-state index in [0.29, 0.717) is 12.5 Å². The molecular formula is C12H14ClIN2O. The number of alkyl halides is 1. The molecule has 1 aromatic carbocycles. The van der Waals surface area contributed by atoms with Gasteiger partial charge in [-0.3, -0.25) is 0 Å². The number of imidazole rings is 1. The molecule has 0 spiro atoms. The van der Waals surface area contributed by atoms with Crippen LogP contribution in [0.1, 0.15) is 5.82 Å². The van der Waals surface area contributed by atoms with Crippen molar-refractivity contribution < 1.29 is 4.74 Å². The minimum atomic E-state index is 0.591. The summed E-state index contributed by atoms with van der Waals surface area (Å²) >= 11 is 8.11. The van der Waals surface area contributed by atoms with Gasteiger partial charge in [0, 0.05) is 29.5 Å². The second-order valence-corrected chi connectivity index (χ2v) is 5.37. The Hall–Kier alpha value is -0.330. The molecule has 1 aromatic heterocycles. The van der Waals surface area contributed by atoms with Crippen LogP contribution < -0.4 is 0 Å². The van der Waals surface area contributed by atoms with Gasteiger partial charge in [0.05, 0.1) is 17.6 Å². The van der Waals surface area contributed by atoms with Crippen molar-refractivity contribution >= 4 is 45.2 Å². The lowest BCUT2D eigenvalue weighted by Crippen LogP contribution is -2.08. The first-order chi connectivity index (χ1) is 8.26. The molecule has 2 aromatic rings. The highest BCUT2D eigenvalue weighted by Gasteiger charge is 2.10. The van der Waals surface area contributed by atoms with Crippen molar-refractivity contribution in [2.75, 3.05) is 19.6 Å². The summed E-state index contributed by atoms with van der Waals surface area (Å²) in [6.07, 6.45) is 0.788. The van der Waals surface area contributed by atoms with Crippen molar-refractivity contribution in [3.63, 3.8) is 0 Å². The third kappa shape index (κ3) is 2.92. The van der Waals surface area contributed by atoms with Crippen LogP contribution in [0.4, 0.5) is 0 Å². The van der Waals surface area contributed by atoms with E-state index in [0.717, 1.165) is 29.8 Å². The van der Waals surface area contributed by atoms with Crippen LogP contribution in [-0.2, 0) is 17.7 Å². The third-order valence-electron chi connectivity index (χ3n) is 2.63. The van der Waals surface area contributed by atoms with E-state index in [9.17, 15) is 0 Å². The lowest BCUT2D eigenvalue weighted by Gasteiger charge is -2.07. The molecule has 5 heteroatoms. The fourth-order valence-electron chi connectivity index (χ4n) is 1.86. The minimum Gasteiger partial charge on any atom is -0.383 e. The van der Waals surface area contributed by atoms with E-state index in [1.165, 1.54) is 3.57 Å².